The smallest absolute Gasteiger partial charge is 0.262 e. The van der Waals surface area contributed by atoms with Crippen molar-refractivity contribution in [3.05, 3.63) is 10.9 Å². The lowest BCUT2D eigenvalue weighted by atomic mass is 10.0. The molecule has 1 amide bonds. The maximum atomic E-state index is 11.9. The zero-order chi connectivity index (χ0) is 12.4. The molecule has 0 radical (unpaired) electrons. The number of anilines is 1. The molecule has 2 rings (SSSR count). The third-order valence-corrected chi connectivity index (χ3v) is 3.46. The number of hydrogen-bond acceptors (Lipinski definition) is 5. The van der Waals surface area contributed by atoms with Crippen LogP contribution in [0.15, 0.2) is 6.07 Å². The van der Waals surface area contributed by atoms with Crippen LogP contribution < -0.4 is 10.1 Å². The van der Waals surface area contributed by atoms with E-state index in [1.54, 1.807) is 13.0 Å². The van der Waals surface area contributed by atoms with Crippen molar-refractivity contribution >= 4 is 28.7 Å². The minimum atomic E-state index is -0.337. The van der Waals surface area contributed by atoms with E-state index in [1.807, 2.05) is 6.07 Å². The van der Waals surface area contributed by atoms with E-state index in [2.05, 4.69) is 5.32 Å². The summed E-state index contributed by atoms with van der Waals surface area (Å²) in [5.74, 6) is -0.654. The van der Waals surface area contributed by atoms with Crippen LogP contribution in [-0.2, 0) is 4.79 Å². The summed E-state index contributed by atoms with van der Waals surface area (Å²) in [6.45, 7) is 1.69. The topological polar surface area (TPSA) is 79.2 Å². The molecule has 0 aromatic carbocycles. The molecule has 1 aliphatic rings. The number of carbonyl (C=O) groups is 2. The molecular formula is C11H10N2O3S. The van der Waals surface area contributed by atoms with Gasteiger partial charge in [0.1, 0.15) is 0 Å². The van der Waals surface area contributed by atoms with E-state index in [0.29, 0.717) is 15.6 Å². The molecule has 5 nitrogen and oxygen atoms in total. The number of nitrogens with zero attached hydrogens (tertiary/aromatic N) is 1. The normalized spacial score (nSPS) is 15.2. The van der Waals surface area contributed by atoms with Crippen molar-refractivity contribution in [3.8, 4) is 11.1 Å². The van der Waals surface area contributed by atoms with Gasteiger partial charge in [-0.25, -0.2) is 0 Å². The van der Waals surface area contributed by atoms with Crippen LogP contribution >= 0.6 is 11.3 Å². The predicted molar refractivity (Wildman–Crippen MR) is 62.2 cm³/mol. The zero-order valence-electron chi connectivity index (χ0n) is 9.15. The predicted octanol–water partition coefficient (Wildman–Crippen LogP) is 1.81. The summed E-state index contributed by atoms with van der Waals surface area (Å²) in [6.07, 6.45) is 0.189. The number of carbonyl (C=O) groups excluding carboxylic acids is 2. The molecular weight excluding hydrogens is 240 g/mol. The van der Waals surface area contributed by atoms with Crippen molar-refractivity contribution in [2.24, 2.45) is 5.92 Å². The van der Waals surface area contributed by atoms with Crippen LogP contribution in [0.2, 0.25) is 0 Å². The van der Waals surface area contributed by atoms with Crippen LogP contribution in [0.25, 0.3) is 0 Å². The van der Waals surface area contributed by atoms with Gasteiger partial charge in [0.15, 0.2) is 17.5 Å². The number of amides is 1. The molecule has 1 aromatic heterocycles. The van der Waals surface area contributed by atoms with Gasteiger partial charge in [-0.05, 0) is 6.07 Å². The monoisotopic (exact) mass is 250 g/mol. The Bertz CT molecular complexity index is 515. The van der Waals surface area contributed by atoms with E-state index in [4.69, 9.17) is 10.00 Å². The van der Waals surface area contributed by atoms with E-state index in [-0.39, 0.29) is 30.6 Å². The number of hydrogen-bond donors (Lipinski definition) is 1. The fourth-order valence-corrected chi connectivity index (χ4v) is 2.50. The average Bonchev–Trinajstić information content (AvgIpc) is 2.71. The highest BCUT2D eigenvalue weighted by Gasteiger charge is 2.24. The summed E-state index contributed by atoms with van der Waals surface area (Å²) in [5.41, 5.74) is 0.541. The van der Waals surface area contributed by atoms with Crippen LogP contribution in [0.3, 0.4) is 0 Å². The van der Waals surface area contributed by atoms with E-state index >= 15 is 0 Å². The molecule has 17 heavy (non-hydrogen) atoms. The van der Waals surface area contributed by atoms with Gasteiger partial charge in [0, 0.05) is 12.3 Å². The Morgan fingerprint density at radius 2 is 2.53 bits per heavy atom. The molecule has 1 atom stereocenters. The highest BCUT2D eigenvalue weighted by atomic mass is 32.1. The average molecular weight is 250 g/mol. The van der Waals surface area contributed by atoms with Crippen LogP contribution in [0.1, 0.15) is 23.0 Å². The number of nitrogens with one attached hydrogen (secondary N) is 1. The van der Waals surface area contributed by atoms with Crippen molar-refractivity contribution in [1.82, 2.24) is 0 Å². The van der Waals surface area contributed by atoms with Gasteiger partial charge in [0.05, 0.1) is 16.6 Å². The fourth-order valence-electron chi connectivity index (χ4n) is 1.48. The quantitative estimate of drug-likeness (QED) is 0.830. The summed E-state index contributed by atoms with van der Waals surface area (Å²) < 4.78 is 5.20. The molecule has 6 heteroatoms. The second-order valence-corrected chi connectivity index (χ2v) is 4.79. The van der Waals surface area contributed by atoms with Crippen molar-refractivity contribution in [3.63, 3.8) is 0 Å². The molecule has 0 fully saturated rings. The number of rotatable bonds is 3. The third kappa shape index (κ3) is 2.29. The summed E-state index contributed by atoms with van der Waals surface area (Å²) in [6, 6.07) is 3.57. The minimum absolute atomic E-state index is 0.0190. The van der Waals surface area contributed by atoms with E-state index < -0.39 is 0 Å². The lowest BCUT2D eigenvalue weighted by molar-refractivity contribution is -0.118. The molecule has 1 aliphatic heterocycles. The van der Waals surface area contributed by atoms with E-state index in [1.165, 1.54) is 11.3 Å². The zero-order valence-corrected chi connectivity index (χ0v) is 9.97. The second kappa shape index (κ2) is 4.55. The maximum Gasteiger partial charge on any atom is 0.262 e. The Balaban J connectivity index is 2.21. The third-order valence-electron chi connectivity index (χ3n) is 2.39. The molecule has 88 valence electrons. The Morgan fingerprint density at radius 1 is 1.76 bits per heavy atom. The van der Waals surface area contributed by atoms with Gasteiger partial charge in [0.2, 0.25) is 0 Å². The van der Waals surface area contributed by atoms with Gasteiger partial charge in [-0.1, -0.05) is 18.3 Å². The molecule has 0 bridgehead atoms. The number of nitriles is 1. The summed E-state index contributed by atoms with van der Waals surface area (Å²) in [7, 11) is 0. The molecule has 0 saturated heterocycles. The standard InChI is InChI=1S/C11H10N2O3S/c1-6(2-3-12)10(15)8-4-7-11(17-8)16-5-9(14)13-7/h4,6H,2,5H2,1H3,(H,13,14). The number of fused-ring (bicyclic) bond motifs is 1. The van der Waals surface area contributed by atoms with Crippen LogP contribution in [-0.4, -0.2) is 18.3 Å². The first-order valence-corrected chi connectivity index (χ1v) is 5.91. The number of ether oxygens (including phenoxy) is 1. The summed E-state index contributed by atoms with van der Waals surface area (Å²) in [5, 5.41) is 11.7. The maximum absolute atomic E-state index is 11.9. The number of thiophene rings is 1. The number of Topliss-reactive ketones (excluding diaryl/α,β-unsaturated/α-hetero) is 1. The van der Waals surface area contributed by atoms with E-state index in [9.17, 15) is 9.59 Å². The summed E-state index contributed by atoms with van der Waals surface area (Å²) >= 11 is 1.20. The Morgan fingerprint density at radius 3 is 3.24 bits per heavy atom. The molecule has 1 aromatic rings. The van der Waals surface area contributed by atoms with Gasteiger partial charge >= 0.3 is 0 Å². The Labute approximate surface area is 102 Å². The largest absolute Gasteiger partial charge is 0.472 e. The molecule has 2 heterocycles. The first-order chi connectivity index (χ1) is 8.11. The van der Waals surface area contributed by atoms with Gasteiger partial charge in [0.25, 0.3) is 5.91 Å². The second-order valence-electron chi connectivity index (χ2n) is 3.78. The molecule has 0 saturated carbocycles. The minimum Gasteiger partial charge on any atom is -0.472 e. The van der Waals surface area contributed by atoms with Crippen LogP contribution in [0, 0.1) is 17.2 Å². The van der Waals surface area contributed by atoms with Gasteiger partial charge in [-0.15, -0.1) is 0 Å². The Hall–Kier alpha value is -1.87. The number of ketones is 1. The summed E-state index contributed by atoms with van der Waals surface area (Å²) in [4.78, 5) is 23.5. The van der Waals surface area contributed by atoms with Crippen LogP contribution in [0.5, 0.6) is 5.06 Å². The van der Waals surface area contributed by atoms with E-state index in [0.717, 1.165) is 0 Å². The first kappa shape index (κ1) is 11.6. The Kier molecular flexibility index (Phi) is 3.11. The molecule has 0 spiro atoms. The van der Waals surface area contributed by atoms with Crippen molar-refractivity contribution < 1.29 is 14.3 Å². The molecule has 0 aliphatic carbocycles. The van der Waals surface area contributed by atoms with Crippen LogP contribution in [0.4, 0.5) is 5.69 Å². The van der Waals surface area contributed by atoms with Gasteiger partial charge in [-0.3, -0.25) is 9.59 Å². The van der Waals surface area contributed by atoms with Crippen molar-refractivity contribution in [2.45, 2.75) is 13.3 Å². The molecule has 1 unspecified atom stereocenters. The first-order valence-electron chi connectivity index (χ1n) is 5.09. The highest BCUT2D eigenvalue weighted by molar-refractivity contribution is 7.16. The lowest BCUT2D eigenvalue weighted by Gasteiger charge is -2.12. The van der Waals surface area contributed by atoms with Crippen molar-refractivity contribution in [2.75, 3.05) is 11.9 Å². The van der Waals surface area contributed by atoms with Crippen molar-refractivity contribution in [1.29, 1.82) is 5.26 Å². The fraction of sp³-hybridized carbons (Fsp3) is 0.364. The highest BCUT2D eigenvalue weighted by Crippen LogP contribution is 2.38. The molecule has 1 N–H and O–H groups in total. The van der Waals surface area contributed by atoms with Gasteiger partial charge < -0.3 is 10.1 Å². The SMILES string of the molecule is CC(CC#N)C(=O)c1cc2c(s1)OCC(=O)N2. The van der Waals surface area contributed by atoms with Gasteiger partial charge in [-0.2, -0.15) is 5.26 Å². The lowest BCUT2D eigenvalue weighted by Crippen LogP contribution is -2.24.